The quantitative estimate of drug-likeness (QED) is 0.552. The van der Waals surface area contributed by atoms with Crippen LogP contribution in [0, 0.1) is 0 Å². The van der Waals surface area contributed by atoms with Crippen molar-refractivity contribution in [2.75, 3.05) is 0 Å². The number of ether oxygens (including phenoxy) is 1. The molecule has 1 heterocycles. The van der Waals surface area contributed by atoms with Crippen molar-refractivity contribution in [3.63, 3.8) is 0 Å². The molecule has 3 rings (SSSR count). The largest absolute Gasteiger partial charge is 0.455 e. The zero-order valence-electron chi connectivity index (χ0n) is 8.04. The highest BCUT2D eigenvalue weighted by molar-refractivity contribution is 9.10. The predicted molar refractivity (Wildman–Crippen MR) is 69.8 cm³/mol. The van der Waals surface area contributed by atoms with Crippen molar-refractivity contribution in [1.82, 2.24) is 0 Å². The van der Waals surface area contributed by atoms with E-state index in [-0.39, 0.29) is 0 Å². The fourth-order valence-electron chi connectivity index (χ4n) is 1.56. The van der Waals surface area contributed by atoms with Crippen LogP contribution in [0.5, 0.6) is 11.5 Å². The number of rotatable bonds is 0. The number of halogens is 2. The van der Waals surface area contributed by atoms with Gasteiger partial charge in [0.2, 0.25) is 0 Å². The topological polar surface area (TPSA) is 9.23 Å². The van der Waals surface area contributed by atoms with Gasteiger partial charge in [-0.25, -0.2) is 0 Å². The maximum atomic E-state index is 5.99. The summed E-state index contributed by atoms with van der Waals surface area (Å²) in [6.07, 6.45) is 0. The molecule has 0 bridgehead atoms. The molecule has 16 heavy (non-hydrogen) atoms. The average molecular weight is 314 g/mol. The number of hydrogen-bond acceptors (Lipinski definition) is 2. The van der Waals surface area contributed by atoms with Gasteiger partial charge in [0.1, 0.15) is 11.5 Å². The summed E-state index contributed by atoms with van der Waals surface area (Å²) in [5.41, 5.74) is 0. The van der Waals surface area contributed by atoms with E-state index in [0.717, 1.165) is 25.8 Å². The summed E-state index contributed by atoms with van der Waals surface area (Å²) in [5.74, 6) is 1.69. The molecule has 0 atom stereocenters. The Morgan fingerprint density at radius 3 is 2.81 bits per heavy atom. The summed E-state index contributed by atoms with van der Waals surface area (Å²) in [6, 6.07) is 11.7. The summed E-state index contributed by atoms with van der Waals surface area (Å²) in [4.78, 5) is 2.20. The third-order valence-corrected chi connectivity index (χ3v) is 4.54. The minimum atomic E-state index is 0.672. The fraction of sp³-hybridized carbons (Fsp3) is 0. The van der Waals surface area contributed by atoms with E-state index < -0.39 is 0 Å². The highest BCUT2D eigenvalue weighted by Crippen LogP contribution is 2.50. The Morgan fingerprint density at radius 1 is 1.12 bits per heavy atom. The molecule has 0 fully saturated rings. The summed E-state index contributed by atoms with van der Waals surface area (Å²) < 4.78 is 6.77. The molecule has 1 nitrogen and oxygen atoms in total. The first-order valence-corrected chi connectivity index (χ1v) is 6.66. The molecular weight excluding hydrogens is 308 g/mol. The van der Waals surface area contributed by atoms with E-state index >= 15 is 0 Å². The van der Waals surface area contributed by atoms with Gasteiger partial charge in [-0.15, -0.1) is 0 Å². The average Bonchev–Trinajstić information content (AvgIpc) is 2.27. The van der Waals surface area contributed by atoms with Gasteiger partial charge in [0, 0.05) is 15.6 Å². The van der Waals surface area contributed by atoms with Crippen LogP contribution in [0.3, 0.4) is 0 Å². The normalized spacial score (nSPS) is 12.6. The third kappa shape index (κ3) is 1.73. The van der Waals surface area contributed by atoms with Gasteiger partial charge in [0.25, 0.3) is 0 Å². The zero-order valence-corrected chi connectivity index (χ0v) is 11.2. The number of benzene rings is 2. The molecule has 0 aliphatic carbocycles. The van der Waals surface area contributed by atoms with Crippen molar-refractivity contribution in [2.45, 2.75) is 9.79 Å². The lowest BCUT2D eigenvalue weighted by molar-refractivity contribution is 0.454. The van der Waals surface area contributed by atoms with Gasteiger partial charge < -0.3 is 4.74 Å². The smallest absolute Gasteiger partial charge is 0.144 e. The second kappa shape index (κ2) is 3.99. The molecule has 0 unspecified atom stereocenters. The Bertz CT molecular complexity index is 571. The molecule has 2 aromatic rings. The Labute approximate surface area is 111 Å². The highest BCUT2D eigenvalue weighted by atomic mass is 79.9. The lowest BCUT2D eigenvalue weighted by Crippen LogP contribution is -1.95. The molecule has 0 amide bonds. The molecule has 4 heteroatoms. The van der Waals surface area contributed by atoms with Crippen LogP contribution < -0.4 is 4.74 Å². The van der Waals surface area contributed by atoms with E-state index in [2.05, 4.69) is 15.9 Å². The van der Waals surface area contributed by atoms with Crippen molar-refractivity contribution < 1.29 is 4.74 Å². The van der Waals surface area contributed by atoms with Crippen LogP contribution in [0.25, 0.3) is 0 Å². The zero-order chi connectivity index (χ0) is 11.1. The summed E-state index contributed by atoms with van der Waals surface area (Å²) in [6.45, 7) is 0. The van der Waals surface area contributed by atoms with Crippen molar-refractivity contribution in [1.29, 1.82) is 0 Å². The highest BCUT2D eigenvalue weighted by Gasteiger charge is 2.20. The SMILES string of the molecule is Clc1cc(Br)c2c(c1)Oc1ccccc1S2. The standard InChI is InChI=1S/C12H6BrClOS/c13-8-5-7(14)6-10-12(8)16-11-4-2-1-3-9(11)15-10/h1-6H. The molecule has 0 spiro atoms. The lowest BCUT2D eigenvalue weighted by Gasteiger charge is -2.20. The molecule has 0 N–H and O–H groups in total. The van der Waals surface area contributed by atoms with Crippen LogP contribution in [0.2, 0.25) is 5.02 Å². The molecule has 0 saturated carbocycles. The number of para-hydroxylation sites is 1. The van der Waals surface area contributed by atoms with Crippen LogP contribution in [0.4, 0.5) is 0 Å². The fourth-order valence-corrected chi connectivity index (χ4v) is 3.52. The van der Waals surface area contributed by atoms with Crippen molar-refractivity contribution in [3.05, 3.63) is 45.9 Å². The Balaban J connectivity index is 2.15. The number of fused-ring (bicyclic) bond motifs is 2. The van der Waals surface area contributed by atoms with Gasteiger partial charge in [-0.1, -0.05) is 35.5 Å². The first-order chi connectivity index (χ1) is 7.74. The molecule has 0 saturated heterocycles. The Morgan fingerprint density at radius 2 is 1.94 bits per heavy atom. The third-order valence-electron chi connectivity index (χ3n) is 2.26. The second-order valence-corrected chi connectivity index (χ2v) is 5.71. The summed E-state index contributed by atoms with van der Waals surface area (Å²) >= 11 is 11.2. The molecule has 80 valence electrons. The minimum Gasteiger partial charge on any atom is -0.455 e. The van der Waals surface area contributed by atoms with E-state index in [1.807, 2.05) is 36.4 Å². The summed E-state index contributed by atoms with van der Waals surface area (Å²) in [5, 5.41) is 0.672. The Kier molecular flexibility index (Phi) is 2.62. The van der Waals surface area contributed by atoms with Crippen LogP contribution in [0.1, 0.15) is 0 Å². The monoisotopic (exact) mass is 312 g/mol. The van der Waals surface area contributed by atoms with Gasteiger partial charge in [0.05, 0.1) is 9.79 Å². The van der Waals surface area contributed by atoms with E-state index in [0.29, 0.717) is 5.02 Å². The van der Waals surface area contributed by atoms with Gasteiger partial charge in [0.15, 0.2) is 0 Å². The molecule has 0 aromatic heterocycles. The van der Waals surface area contributed by atoms with Gasteiger partial charge >= 0.3 is 0 Å². The first-order valence-electron chi connectivity index (χ1n) is 4.68. The Hall–Kier alpha value is -0.640. The van der Waals surface area contributed by atoms with E-state index in [1.54, 1.807) is 11.8 Å². The van der Waals surface area contributed by atoms with Crippen LogP contribution in [0.15, 0.2) is 50.7 Å². The van der Waals surface area contributed by atoms with Crippen molar-refractivity contribution >= 4 is 39.3 Å². The maximum absolute atomic E-state index is 5.99. The first kappa shape index (κ1) is 10.5. The molecule has 1 aliphatic heterocycles. The van der Waals surface area contributed by atoms with Crippen molar-refractivity contribution in [3.8, 4) is 11.5 Å². The predicted octanol–water partition coefficient (Wildman–Crippen LogP) is 5.36. The van der Waals surface area contributed by atoms with E-state index in [1.165, 1.54) is 0 Å². The molecule has 0 radical (unpaired) electrons. The molecule has 2 aromatic carbocycles. The van der Waals surface area contributed by atoms with Crippen LogP contribution in [-0.2, 0) is 0 Å². The lowest BCUT2D eigenvalue weighted by atomic mass is 10.3. The van der Waals surface area contributed by atoms with Gasteiger partial charge in [-0.05, 0) is 34.1 Å². The van der Waals surface area contributed by atoms with Gasteiger partial charge in [-0.2, -0.15) is 0 Å². The van der Waals surface area contributed by atoms with Crippen molar-refractivity contribution in [2.24, 2.45) is 0 Å². The second-order valence-electron chi connectivity index (χ2n) is 3.37. The number of hydrogen-bond donors (Lipinski definition) is 0. The molecular formula is C12H6BrClOS. The maximum Gasteiger partial charge on any atom is 0.144 e. The van der Waals surface area contributed by atoms with Crippen LogP contribution >= 0.6 is 39.3 Å². The van der Waals surface area contributed by atoms with Gasteiger partial charge in [-0.3, -0.25) is 0 Å². The molecule has 1 aliphatic rings. The minimum absolute atomic E-state index is 0.672. The van der Waals surface area contributed by atoms with Crippen LogP contribution in [-0.4, -0.2) is 0 Å². The van der Waals surface area contributed by atoms with E-state index in [4.69, 9.17) is 16.3 Å². The van der Waals surface area contributed by atoms with E-state index in [9.17, 15) is 0 Å². The summed E-state index contributed by atoms with van der Waals surface area (Å²) in [7, 11) is 0.